The van der Waals surface area contributed by atoms with Gasteiger partial charge in [-0.15, -0.1) is 0 Å². The molecule has 0 radical (unpaired) electrons. The van der Waals surface area contributed by atoms with E-state index in [1.54, 1.807) is 6.92 Å². The molecule has 1 heterocycles. The summed E-state index contributed by atoms with van der Waals surface area (Å²) in [6, 6.07) is 9.29. The highest BCUT2D eigenvalue weighted by molar-refractivity contribution is 6.07. The quantitative estimate of drug-likeness (QED) is 0.667. The molecule has 1 atom stereocenters. The number of imide groups is 1. The van der Waals surface area contributed by atoms with Crippen LogP contribution in [0.5, 0.6) is 0 Å². The van der Waals surface area contributed by atoms with Crippen LogP contribution in [0.15, 0.2) is 24.3 Å². The maximum Gasteiger partial charge on any atom is 0.325 e. The molecule has 110 valence electrons. The number of amides is 3. The minimum absolute atomic E-state index is 0.228. The molecule has 1 aliphatic heterocycles. The van der Waals surface area contributed by atoms with E-state index in [1.165, 1.54) is 4.90 Å². The number of nitriles is 1. The average Bonchev–Trinajstić information content (AvgIpc) is 2.68. The summed E-state index contributed by atoms with van der Waals surface area (Å²) in [5, 5.41) is 11.3. The highest BCUT2D eigenvalue weighted by Crippen LogP contribution is 2.29. The molecule has 5 heteroatoms. The van der Waals surface area contributed by atoms with Gasteiger partial charge in [0.15, 0.2) is 0 Å². The third-order valence-electron chi connectivity index (χ3n) is 3.82. The molecule has 0 spiro atoms. The Morgan fingerprint density at radius 3 is 2.52 bits per heavy atom. The lowest BCUT2D eigenvalue weighted by atomic mass is 9.91. The molecule has 0 bridgehead atoms. The molecule has 2 rings (SSSR count). The summed E-state index contributed by atoms with van der Waals surface area (Å²) in [7, 11) is 0. The third-order valence-corrected chi connectivity index (χ3v) is 3.82. The minimum Gasteiger partial charge on any atom is -0.319 e. The van der Waals surface area contributed by atoms with Crippen molar-refractivity contribution in [1.82, 2.24) is 10.2 Å². The van der Waals surface area contributed by atoms with Crippen molar-refractivity contribution in [3.63, 3.8) is 0 Å². The standard InChI is InChI=1S/C16H19N3O2/c1-12-6-8-13(9-7-12)16(2)14(20)19(15(21)18-16)11-5-3-4-10-17/h6-9H,3-5,11H2,1-2H3,(H,18,21). The lowest BCUT2D eigenvalue weighted by molar-refractivity contribution is -0.131. The fourth-order valence-electron chi connectivity index (χ4n) is 2.46. The van der Waals surface area contributed by atoms with Gasteiger partial charge in [0.05, 0.1) is 6.07 Å². The molecule has 0 aromatic heterocycles. The largest absolute Gasteiger partial charge is 0.325 e. The van der Waals surface area contributed by atoms with Crippen molar-refractivity contribution >= 4 is 11.9 Å². The van der Waals surface area contributed by atoms with Gasteiger partial charge >= 0.3 is 6.03 Å². The first-order chi connectivity index (χ1) is 9.99. The van der Waals surface area contributed by atoms with Gasteiger partial charge in [-0.25, -0.2) is 4.79 Å². The summed E-state index contributed by atoms with van der Waals surface area (Å²) in [4.78, 5) is 25.8. The first-order valence-corrected chi connectivity index (χ1v) is 7.07. The fraction of sp³-hybridized carbons (Fsp3) is 0.438. The van der Waals surface area contributed by atoms with E-state index in [9.17, 15) is 9.59 Å². The van der Waals surface area contributed by atoms with Crippen molar-refractivity contribution in [2.75, 3.05) is 6.54 Å². The zero-order valence-corrected chi connectivity index (χ0v) is 12.3. The van der Waals surface area contributed by atoms with Crippen molar-refractivity contribution in [3.05, 3.63) is 35.4 Å². The van der Waals surface area contributed by atoms with Crippen LogP contribution in [0, 0.1) is 18.3 Å². The van der Waals surface area contributed by atoms with Crippen molar-refractivity contribution in [1.29, 1.82) is 5.26 Å². The normalized spacial score (nSPS) is 21.3. The Hall–Kier alpha value is -2.35. The molecule has 1 fully saturated rings. The van der Waals surface area contributed by atoms with Crippen LogP contribution in [0.3, 0.4) is 0 Å². The SMILES string of the molecule is Cc1ccc(C2(C)NC(=O)N(CCCCC#N)C2=O)cc1. The summed E-state index contributed by atoms with van der Waals surface area (Å²) in [6.07, 6.45) is 1.78. The van der Waals surface area contributed by atoms with Crippen LogP contribution in [0.25, 0.3) is 0 Å². The minimum atomic E-state index is -1.000. The van der Waals surface area contributed by atoms with Gasteiger partial charge < -0.3 is 5.32 Å². The first-order valence-electron chi connectivity index (χ1n) is 7.07. The Morgan fingerprint density at radius 2 is 1.90 bits per heavy atom. The van der Waals surface area contributed by atoms with Crippen molar-refractivity contribution in [3.8, 4) is 6.07 Å². The molecule has 1 aromatic carbocycles. The van der Waals surface area contributed by atoms with Crippen LogP contribution in [0.2, 0.25) is 0 Å². The predicted octanol–water partition coefficient (Wildman–Crippen LogP) is 2.46. The smallest absolute Gasteiger partial charge is 0.319 e. The molecule has 5 nitrogen and oxygen atoms in total. The Labute approximate surface area is 124 Å². The van der Waals surface area contributed by atoms with Gasteiger partial charge in [-0.05, 0) is 32.3 Å². The van der Waals surface area contributed by atoms with Crippen LogP contribution in [0.1, 0.15) is 37.3 Å². The predicted molar refractivity (Wildman–Crippen MR) is 78.2 cm³/mol. The summed E-state index contributed by atoms with van der Waals surface area (Å²) < 4.78 is 0. The number of unbranched alkanes of at least 4 members (excludes halogenated alkanes) is 2. The van der Waals surface area contributed by atoms with Crippen LogP contribution >= 0.6 is 0 Å². The zero-order valence-electron chi connectivity index (χ0n) is 12.3. The maximum absolute atomic E-state index is 12.6. The highest BCUT2D eigenvalue weighted by Gasteiger charge is 2.48. The van der Waals surface area contributed by atoms with E-state index in [2.05, 4.69) is 11.4 Å². The van der Waals surface area contributed by atoms with E-state index in [0.29, 0.717) is 25.8 Å². The summed E-state index contributed by atoms with van der Waals surface area (Å²) in [6.45, 7) is 4.06. The molecular formula is C16H19N3O2. The summed E-state index contributed by atoms with van der Waals surface area (Å²) >= 11 is 0. The van der Waals surface area contributed by atoms with Crippen LogP contribution in [-0.2, 0) is 10.3 Å². The lowest BCUT2D eigenvalue weighted by Crippen LogP contribution is -2.41. The number of hydrogen-bond donors (Lipinski definition) is 1. The van der Waals surface area contributed by atoms with E-state index in [0.717, 1.165) is 11.1 Å². The highest BCUT2D eigenvalue weighted by atomic mass is 16.2. The number of carbonyl (C=O) groups is 2. The second-order valence-corrected chi connectivity index (χ2v) is 5.49. The molecule has 3 amide bonds. The van der Waals surface area contributed by atoms with Crippen LogP contribution < -0.4 is 5.32 Å². The number of urea groups is 1. The topological polar surface area (TPSA) is 73.2 Å². The molecular weight excluding hydrogens is 266 g/mol. The Morgan fingerprint density at radius 1 is 1.24 bits per heavy atom. The molecule has 1 N–H and O–H groups in total. The Kier molecular flexibility index (Phi) is 4.27. The van der Waals surface area contributed by atoms with Crippen molar-refractivity contribution in [2.45, 2.75) is 38.6 Å². The van der Waals surface area contributed by atoms with E-state index in [4.69, 9.17) is 5.26 Å². The lowest BCUT2D eigenvalue weighted by Gasteiger charge is -2.22. The number of carbonyl (C=O) groups excluding carboxylic acids is 2. The number of nitrogens with zero attached hydrogens (tertiary/aromatic N) is 2. The Bertz CT molecular complexity index is 589. The average molecular weight is 285 g/mol. The molecule has 1 aliphatic rings. The molecule has 21 heavy (non-hydrogen) atoms. The van der Waals surface area contributed by atoms with Gasteiger partial charge in [0, 0.05) is 13.0 Å². The van der Waals surface area contributed by atoms with Gasteiger partial charge in [0.2, 0.25) is 0 Å². The Balaban J connectivity index is 2.13. The molecule has 0 aliphatic carbocycles. The summed E-state index contributed by atoms with van der Waals surface area (Å²) in [5.41, 5.74) is 0.887. The fourth-order valence-corrected chi connectivity index (χ4v) is 2.46. The second kappa shape index (κ2) is 5.96. The van der Waals surface area contributed by atoms with E-state index >= 15 is 0 Å². The number of rotatable bonds is 5. The van der Waals surface area contributed by atoms with Gasteiger partial charge in [0.25, 0.3) is 5.91 Å². The molecule has 1 aromatic rings. The third kappa shape index (κ3) is 2.89. The van der Waals surface area contributed by atoms with Crippen molar-refractivity contribution < 1.29 is 9.59 Å². The van der Waals surface area contributed by atoms with Gasteiger partial charge in [-0.3, -0.25) is 9.69 Å². The molecule has 1 unspecified atom stereocenters. The van der Waals surface area contributed by atoms with Gasteiger partial charge in [-0.2, -0.15) is 5.26 Å². The summed E-state index contributed by atoms with van der Waals surface area (Å²) in [5.74, 6) is -0.228. The van der Waals surface area contributed by atoms with Crippen LogP contribution in [0.4, 0.5) is 4.79 Å². The van der Waals surface area contributed by atoms with Gasteiger partial charge in [0.1, 0.15) is 5.54 Å². The molecule has 1 saturated heterocycles. The van der Waals surface area contributed by atoms with E-state index < -0.39 is 5.54 Å². The molecule has 0 saturated carbocycles. The number of aryl methyl sites for hydroxylation is 1. The van der Waals surface area contributed by atoms with E-state index in [-0.39, 0.29) is 11.9 Å². The number of hydrogen-bond acceptors (Lipinski definition) is 3. The first kappa shape index (κ1) is 15.0. The second-order valence-electron chi connectivity index (χ2n) is 5.49. The van der Waals surface area contributed by atoms with Crippen LogP contribution in [-0.4, -0.2) is 23.4 Å². The van der Waals surface area contributed by atoms with E-state index in [1.807, 2.05) is 31.2 Å². The van der Waals surface area contributed by atoms with Gasteiger partial charge in [-0.1, -0.05) is 29.8 Å². The van der Waals surface area contributed by atoms with Crippen molar-refractivity contribution in [2.24, 2.45) is 0 Å². The zero-order chi connectivity index (χ0) is 15.5. The number of nitrogens with one attached hydrogen (secondary N) is 1. The number of benzene rings is 1. The maximum atomic E-state index is 12.6. The monoisotopic (exact) mass is 285 g/mol.